The average Bonchev–Trinajstić information content (AvgIpc) is 3.44. The number of carbonyl (C=O) groups excluding carboxylic acids is 1. The zero-order chi connectivity index (χ0) is 22.6. The van der Waals surface area contributed by atoms with Gasteiger partial charge in [-0.25, -0.2) is 0 Å². The summed E-state index contributed by atoms with van der Waals surface area (Å²) < 4.78 is 8.04. The van der Waals surface area contributed by atoms with E-state index in [2.05, 4.69) is 21.6 Å². The second-order valence-electron chi connectivity index (χ2n) is 8.58. The van der Waals surface area contributed by atoms with Gasteiger partial charge in [0.1, 0.15) is 5.75 Å². The van der Waals surface area contributed by atoms with Crippen molar-refractivity contribution in [2.75, 3.05) is 13.7 Å². The van der Waals surface area contributed by atoms with Crippen LogP contribution in [0.2, 0.25) is 0 Å². The number of H-pyrrole nitrogens is 1. The molecule has 1 saturated carbocycles. The van der Waals surface area contributed by atoms with Crippen molar-refractivity contribution in [2.24, 2.45) is 0 Å². The molecule has 2 N–H and O–H groups in total. The second kappa shape index (κ2) is 9.69. The lowest BCUT2D eigenvalue weighted by Crippen LogP contribution is -2.39. The number of rotatable bonds is 8. The van der Waals surface area contributed by atoms with Crippen LogP contribution in [0.1, 0.15) is 43.2 Å². The molecular formula is C25H30N4O2S. The van der Waals surface area contributed by atoms with Crippen molar-refractivity contribution in [3.8, 4) is 17.1 Å². The topological polar surface area (TPSA) is 71.9 Å². The minimum atomic E-state index is -0.0682. The number of nitrogens with one attached hydrogen (secondary N) is 2. The van der Waals surface area contributed by atoms with Crippen LogP contribution in [-0.2, 0) is 16.8 Å². The van der Waals surface area contributed by atoms with Crippen molar-refractivity contribution in [1.29, 1.82) is 0 Å². The van der Waals surface area contributed by atoms with E-state index < -0.39 is 0 Å². The van der Waals surface area contributed by atoms with Gasteiger partial charge in [0.25, 0.3) is 0 Å². The number of methoxy groups -OCH3 is 1. The van der Waals surface area contributed by atoms with Crippen LogP contribution >= 0.6 is 12.2 Å². The second-order valence-corrected chi connectivity index (χ2v) is 8.97. The summed E-state index contributed by atoms with van der Waals surface area (Å²) in [6, 6.07) is 16.3. The fourth-order valence-corrected chi connectivity index (χ4v) is 4.92. The molecule has 1 amide bonds. The highest BCUT2D eigenvalue weighted by Crippen LogP contribution is 2.44. The van der Waals surface area contributed by atoms with E-state index in [1.54, 1.807) is 7.11 Å². The van der Waals surface area contributed by atoms with E-state index in [0.29, 0.717) is 24.3 Å². The number of hydrogen-bond donors (Lipinski definition) is 2. The lowest BCUT2D eigenvalue weighted by molar-refractivity contribution is -0.121. The van der Waals surface area contributed by atoms with Gasteiger partial charge in [-0.3, -0.25) is 14.5 Å². The first-order chi connectivity index (χ1) is 15.5. The molecule has 1 heterocycles. The molecule has 0 bridgehead atoms. The van der Waals surface area contributed by atoms with Crippen molar-refractivity contribution in [2.45, 2.75) is 51.0 Å². The minimum Gasteiger partial charge on any atom is -0.496 e. The van der Waals surface area contributed by atoms with Gasteiger partial charge in [0, 0.05) is 36.1 Å². The van der Waals surface area contributed by atoms with Gasteiger partial charge in [0.05, 0.1) is 7.11 Å². The van der Waals surface area contributed by atoms with Crippen molar-refractivity contribution in [1.82, 2.24) is 20.1 Å². The number of carbonyl (C=O) groups is 1. The molecule has 0 aliphatic heterocycles. The summed E-state index contributed by atoms with van der Waals surface area (Å²) in [5.41, 5.74) is 3.29. The molecule has 1 aromatic heterocycles. The Labute approximate surface area is 194 Å². The van der Waals surface area contributed by atoms with E-state index in [-0.39, 0.29) is 11.3 Å². The van der Waals surface area contributed by atoms with Gasteiger partial charge < -0.3 is 10.1 Å². The Balaban J connectivity index is 1.43. The number of amides is 1. The monoisotopic (exact) mass is 450 g/mol. The SMILES string of the molecule is COc1ccccc1C1(CNC(=O)CCn2c(-c3ccc(C)cc3)n[nH]c2=S)CCCC1. The highest BCUT2D eigenvalue weighted by atomic mass is 32.1. The molecule has 6 nitrogen and oxygen atoms in total. The van der Waals surface area contributed by atoms with Crippen molar-refractivity contribution in [3.05, 3.63) is 64.4 Å². The molecule has 0 atom stereocenters. The van der Waals surface area contributed by atoms with E-state index in [1.807, 2.05) is 54.0 Å². The average molecular weight is 451 g/mol. The molecule has 168 valence electrons. The Morgan fingerprint density at radius 2 is 1.91 bits per heavy atom. The third kappa shape index (κ3) is 4.63. The third-order valence-corrected chi connectivity index (χ3v) is 6.81. The quantitative estimate of drug-likeness (QED) is 0.477. The first kappa shape index (κ1) is 22.3. The van der Waals surface area contributed by atoms with Gasteiger partial charge >= 0.3 is 0 Å². The van der Waals surface area contributed by atoms with Crippen LogP contribution in [-0.4, -0.2) is 34.3 Å². The van der Waals surface area contributed by atoms with E-state index in [0.717, 1.165) is 42.8 Å². The number of nitrogens with zero attached hydrogens (tertiary/aromatic N) is 2. The Morgan fingerprint density at radius 3 is 2.62 bits per heavy atom. The molecule has 32 heavy (non-hydrogen) atoms. The molecule has 1 fully saturated rings. The summed E-state index contributed by atoms with van der Waals surface area (Å²) in [6.45, 7) is 3.15. The van der Waals surface area contributed by atoms with E-state index in [4.69, 9.17) is 17.0 Å². The molecular weight excluding hydrogens is 420 g/mol. The zero-order valence-electron chi connectivity index (χ0n) is 18.7. The first-order valence-electron chi connectivity index (χ1n) is 11.1. The van der Waals surface area contributed by atoms with Crippen LogP contribution in [0.5, 0.6) is 5.75 Å². The number of ether oxygens (including phenoxy) is 1. The van der Waals surface area contributed by atoms with Crippen LogP contribution < -0.4 is 10.1 Å². The van der Waals surface area contributed by atoms with Crippen molar-refractivity contribution in [3.63, 3.8) is 0 Å². The number of benzene rings is 2. The largest absolute Gasteiger partial charge is 0.496 e. The van der Waals surface area contributed by atoms with Gasteiger partial charge in [-0.05, 0) is 38.0 Å². The smallest absolute Gasteiger partial charge is 0.221 e. The summed E-state index contributed by atoms with van der Waals surface area (Å²) >= 11 is 5.41. The Morgan fingerprint density at radius 1 is 1.19 bits per heavy atom. The number of para-hydroxylation sites is 1. The Kier molecular flexibility index (Phi) is 6.74. The zero-order valence-corrected chi connectivity index (χ0v) is 19.5. The molecule has 1 aliphatic carbocycles. The molecule has 0 unspecified atom stereocenters. The van der Waals surface area contributed by atoms with Gasteiger partial charge in [0.2, 0.25) is 5.91 Å². The van der Waals surface area contributed by atoms with Crippen LogP contribution in [0, 0.1) is 11.7 Å². The summed E-state index contributed by atoms with van der Waals surface area (Å²) in [7, 11) is 1.71. The van der Waals surface area contributed by atoms with E-state index >= 15 is 0 Å². The molecule has 0 saturated heterocycles. The summed E-state index contributed by atoms with van der Waals surface area (Å²) in [5, 5.41) is 10.4. The fraction of sp³-hybridized carbons (Fsp3) is 0.400. The molecule has 2 aromatic carbocycles. The molecule has 1 aliphatic rings. The first-order valence-corrected chi connectivity index (χ1v) is 11.6. The van der Waals surface area contributed by atoms with E-state index in [9.17, 15) is 4.79 Å². The molecule has 0 spiro atoms. The summed E-state index contributed by atoms with van der Waals surface area (Å²) in [6.07, 6.45) is 4.78. The number of aryl methyl sites for hydroxylation is 1. The van der Waals surface area contributed by atoms with Gasteiger partial charge in [-0.2, -0.15) is 5.10 Å². The Hall–Kier alpha value is -2.93. The van der Waals surface area contributed by atoms with Crippen LogP contribution in [0.15, 0.2) is 48.5 Å². The summed E-state index contributed by atoms with van der Waals surface area (Å²) in [5.74, 6) is 1.67. The number of hydrogen-bond acceptors (Lipinski definition) is 4. The molecule has 7 heteroatoms. The highest BCUT2D eigenvalue weighted by Gasteiger charge is 2.37. The predicted octanol–water partition coefficient (Wildman–Crippen LogP) is 4.94. The van der Waals surface area contributed by atoms with Crippen LogP contribution in [0.4, 0.5) is 0 Å². The highest BCUT2D eigenvalue weighted by molar-refractivity contribution is 7.71. The van der Waals surface area contributed by atoms with Crippen LogP contribution in [0.3, 0.4) is 0 Å². The Bertz CT molecular complexity index is 1130. The number of aromatic nitrogens is 3. The molecule has 0 radical (unpaired) electrons. The van der Waals surface area contributed by atoms with E-state index in [1.165, 1.54) is 11.1 Å². The normalized spacial score (nSPS) is 14.9. The van der Waals surface area contributed by atoms with Crippen LogP contribution in [0.25, 0.3) is 11.4 Å². The van der Waals surface area contributed by atoms with Crippen molar-refractivity contribution < 1.29 is 9.53 Å². The lowest BCUT2D eigenvalue weighted by atomic mass is 9.78. The molecule has 3 aromatic rings. The predicted molar refractivity (Wildman–Crippen MR) is 128 cm³/mol. The van der Waals surface area contributed by atoms with Gasteiger partial charge in [0.15, 0.2) is 10.6 Å². The fourth-order valence-electron chi connectivity index (χ4n) is 4.69. The standard InChI is InChI=1S/C25H30N4O2S/c1-18-9-11-19(12-10-18)23-27-28-24(32)29(23)16-13-22(30)26-17-25(14-5-6-15-25)20-7-3-4-8-21(20)31-2/h3-4,7-12H,5-6,13-17H2,1-2H3,(H,26,30)(H,28,32). The van der Waals surface area contributed by atoms with Gasteiger partial charge in [-0.1, -0.05) is 60.9 Å². The lowest BCUT2D eigenvalue weighted by Gasteiger charge is -2.31. The molecule has 4 rings (SSSR count). The number of aromatic amines is 1. The maximum Gasteiger partial charge on any atom is 0.221 e. The van der Waals surface area contributed by atoms with Crippen molar-refractivity contribution >= 4 is 18.1 Å². The maximum atomic E-state index is 12.8. The third-order valence-electron chi connectivity index (χ3n) is 6.49. The minimum absolute atomic E-state index is 0.0177. The maximum absolute atomic E-state index is 12.8. The van der Waals surface area contributed by atoms with Gasteiger partial charge in [-0.15, -0.1) is 0 Å². The summed E-state index contributed by atoms with van der Waals surface area (Å²) in [4.78, 5) is 12.8.